The van der Waals surface area contributed by atoms with Crippen molar-refractivity contribution in [1.29, 1.82) is 0 Å². The van der Waals surface area contributed by atoms with Crippen LogP contribution in [0.2, 0.25) is 0 Å². The maximum Gasteiger partial charge on any atom is 0.303 e. The van der Waals surface area contributed by atoms with Crippen molar-refractivity contribution in [2.45, 2.75) is 19.3 Å². The van der Waals surface area contributed by atoms with E-state index < -0.39 is 5.97 Å². The van der Waals surface area contributed by atoms with Crippen LogP contribution in [0.5, 0.6) is 0 Å². The first-order valence-electron chi connectivity index (χ1n) is 16.8. The molecule has 0 heterocycles. The quantitative estimate of drug-likeness (QED) is 0.0688. The first kappa shape index (κ1) is 46.4. The Morgan fingerprint density at radius 3 is 0.896 bits per heavy atom. The summed E-state index contributed by atoms with van der Waals surface area (Å²) in [6.45, 7) is 12.8. The number of rotatable bonds is 42. The maximum absolute atomic E-state index is 11.4. The van der Waals surface area contributed by atoms with Gasteiger partial charge in [0.2, 0.25) is 5.91 Å². The Morgan fingerprint density at radius 2 is 0.646 bits per heavy atom. The molecule has 0 bridgehead atoms. The predicted molar refractivity (Wildman–Crippen MR) is 173 cm³/mol. The van der Waals surface area contributed by atoms with Crippen molar-refractivity contribution >= 4 is 11.9 Å². The molecule has 0 aliphatic carbocycles. The zero-order chi connectivity index (χ0) is 34.9. The third-order valence-corrected chi connectivity index (χ3v) is 5.71. The first-order valence-corrected chi connectivity index (χ1v) is 16.8. The highest BCUT2D eigenvalue weighted by Crippen LogP contribution is 1.90. The maximum atomic E-state index is 11.4. The van der Waals surface area contributed by atoms with Crippen LogP contribution in [0.4, 0.5) is 0 Å². The number of hydrogen-bond acceptors (Lipinski definition) is 15. The van der Waals surface area contributed by atoms with Crippen LogP contribution in [0.1, 0.15) is 19.3 Å². The molecule has 0 spiro atoms. The third kappa shape index (κ3) is 42.4. The van der Waals surface area contributed by atoms with E-state index in [2.05, 4.69) is 5.32 Å². The van der Waals surface area contributed by atoms with Gasteiger partial charge in [0.05, 0.1) is 158 Å². The number of hydrogen-bond donors (Lipinski definition) is 3. The van der Waals surface area contributed by atoms with E-state index in [0.717, 1.165) is 0 Å². The van der Waals surface area contributed by atoms with Gasteiger partial charge in [0.1, 0.15) is 0 Å². The highest BCUT2D eigenvalue weighted by atomic mass is 16.6. The normalized spacial score (nSPS) is 11.4. The van der Waals surface area contributed by atoms with Gasteiger partial charge in [0, 0.05) is 26.1 Å². The van der Waals surface area contributed by atoms with Gasteiger partial charge in [-0.05, 0) is 6.42 Å². The molecule has 48 heavy (non-hydrogen) atoms. The number of nitrogens with one attached hydrogen (secondary N) is 1. The summed E-state index contributed by atoms with van der Waals surface area (Å²) in [4.78, 5) is 21.8. The molecule has 0 atom stereocenters. The third-order valence-electron chi connectivity index (χ3n) is 5.71. The van der Waals surface area contributed by atoms with Gasteiger partial charge < -0.3 is 73.0 Å². The first-order chi connectivity index (χ1) is 23.7. The van der Waals surface area contributed by atoms with Crippen LogP contribution in [0.3, 0.4) is 0 Å². The molecule has 0 aromatic rings. The molecule has 0 aliphatic rings. The topological polar surface area (TPSA) is 203 Å². The van der Waals surface area contributed by atoms with Gasteiger partial charge in [-0.3, -0.25) is 9.59 Å². The van der Waals surface area contributed by atoms with Gasteiger partial charge in [0.15, 0.2) is 0 Å². The molecule has 0 saturated heterocycles. The van der Waals surface area contributed by atoms with Gasteiger partial charge in [0.25, 0.3) is 0 Å². The zero-order valence-corrected chi connectivity index (χ0v) is 28.7. The van der Waals surface area contributed by atoms with Crippen molar-refractivity contribution in [3.63, 3.8) is 0 Å². The zero-order valence-electron chi connectivity index (χ0n) is 28.7. The molecule has 0 unspecified atom stereocenters. The van der Waals surface area contributed by atoms with E-state index in [9.17, 15) is 9.59 Å². The lowest BCUT2D eigenvalue weighted by atomic mass is 10.3. The van der Waals surface area contributed by atoms with Gasteiger partial charge in [-0.15, -0.1) is 0 Å². The Morgan fingerprint density at radius 1 is 0.396 bits per heavy atom. The number of aliphatic carboxylic acids is 1. The van der Waals surface area contributed by atoms with E-state index in [1.807, 2.05) is 0 Å². The van der Waals surface area contributed by atoms with Gasteiger partial charge in [-0.2, -0.15) is 0 Å². The van der Waals surface area contributed by atoms with Crippen LogP contribution in [-0.4, -0.2) is 189 Å². The second-order valence-corrected chi connectivity index (χ2v) is 9.73. The molecule has 0 fully saturated rings. The Bertz CT molecular complexity index is 667. The minimum Gasteiger partial charge on any atom is -0.481 e. The predicted octanol–water partition coefficient (Wildman–Crippen LogP) is -0.485. The van der Waals surface area contributed by atoms with Crippen molar-refractivity contribution in [3.05, 3.63) is 0 Å². The summed E-state index contributed by atoms with van der Waals surface area (Å²) in [5.74, 6) is -1.25. The molecule has 1 amide bonds. The summed E-state index contributed by atoms with van der Waals surface area (Å²) in [6.07, 6.45) is 0.474. The van der Waals surface area contributed by atoms with Crippen molar-refractivity contribution in [2.75, 3.05) is 172 Å². The van der Waals surface area contributed by atoms with Crippen LogP contribution in [-0.2, 0) is 66.4 Å². The number of carbonyl (C=O) groups excluding carboxylic acids is 1. The van der Waals surface area contributed by atoms with E-state index >= 15 is 0 Å². The molecule has 17 nitrogen and oxygen atoms in total. The van der Waals surface area contributed by atoms with E-state index in [0.29, 0.717) is 178 Å². The minimum absolute atomic E-state index is 0.0112. The van der Waals surface area contributed by atoms with Crippen molar-refractivity contribution in [3.8, 4) is 0 Å². The molecule has 0 radical (unpaired) electrons. The molecule has 0 aromatic heterocycles. The summed E-state index contributed by atoms with van der Waals surface area (Å²) in [5.41, 5.74) is 5.33. The minimum atomic E-state index is -0.984. The number of carboxylic acid groups (broad SMARTS) is 1. The van der Waals surface area contributed by atoms with Crippen molar-refractivity contribution in [2.24, 2.45) is 5.73 Å². The molecule has 0 aliphatic heterocycles. The average molecular weight is 703 g/mol. The average Bonchev–Trinajstić information content (AvgIpc) is 3.08. The Hall–Kier alpha value is -1.58. The highest BCUT2D eigenvalue weighted by molar-refractivity contribution is 5.80. The molecule has 0 saturated carbocycles. The number of nitrogens with two attached hydrogens (primary N) is 1. The van der Waals surface area contributed by atoms with Crippen LogP contribution < -0.4 is 11.1 Å². The molecular weight excluding hydrogens is 640 g/mol. The lowest BCUT2D eigenvalue weighted by molar-refractivity contribution is -0.138. The molecule has 0 aromatic carbocycles. The number of carboxylic acids is 1. The summed E-state index contributed by atoms with van der Waals surface area (Å²) in [6, 6.07) is 0. The van der Waals surface area contributed by atoms with Gasteiger partial charge >= 0.3 is 5.97 Å². The van der Waals surface area contributed by atoms with Crippen LogP contribution in [0.25, 0.3) is 0 Å². The number of ether oxygens (including phenoxy) is 12. The Balaban J connectivity index is 3.08. The fourth-order valence-corrected chi connectivity index (χ4v) is 3.32. The van der Waals surface area contributed by atoms with E-state index in [-0.39, 0.29) is 18.7 Å². The monoisotopic (exact) mass is 702 g/mol. The lowest BCUT2D eigenvalue weighted by Crippen LogP contribution is -2.25. The summed E-state index contributed by atoms with van der Waals surface area (Å²) in [5, 5.41) is 11.2. The second kappa shape index (κ2) is 41.6. The number of amides is 1. The van der Waals surface area contributed by atoms with Crippen LogP contribution in [0, 0.1) is 0 Å². The van der Waals surface area contributed by atoms with E-state index in [4.69, 9.17) is 67.7 Å². The molecular formula is C31H62N2O15. The summed E-state index contributed by atoms with van der Waals surface area (Å²) >= 11 is 0. The summed E-state index contributed by atoms with van der Waals surface area (Å²) < 4.78 is 65.0. The standard InChI is InChI=1S/C31H62N2O15/c32-4-7-38-9-11-40-13-15-42-17-19-44-21-23-46-25-27-48-29-28-47-26-24-45-22-20-43-18-16-41-14-12-39-10-8-37-6-1-5-33-30(34)2-3-31(35)36/h1-29,32H2,(H,33,34)(H,35,36). The smallest absolute Gasteiger partial charge is 0.303 e. The molecule has 17 heteroatoms. The Labute approximate surface area is 285 Å². The fraction of sp³-hybridized carbons (Fsp3) is 0.935. The van der Waals surface area contributed by atoms with E-state index in [1.54, 1.807) is 0 Å². The Kier molecular flexibility index (Phi) is 40.2. The molecule has 286 valence electrons. The molecule has 4 N–H and O–H groups in total. The second-order valence-electron chi connectivity index (χ2n) is 9.73. The number of carbonyl (C=O) groups is 2. The highest BCUT2D eigenvalue weighted by Gasteiger charge is 2.04. The van der Waals surface area contributed by atoms with Gasteiger partial charge in [-0.1, -0.05) is 0 Å². The van der Waals surface area contributed by atoms with Crippen LogP contribution >= 0.6 is 0 Å². The fourth-order valence-electron chi connectivity index (χ4n) is 3.32. The van der Waals surface area contributed by atoms with Crippen molar-refractivity contribution < 1.29 is 71.5 Å². The van der Waals surface area contributed by atoms with Crippen LogP contribution in [0.15, 0.2) is 0 Å². The summed E-state index contributed by atoms with van der Waals surface area (Å²) in [7, 11) is 0. The van der Waals surface area contributed by atoms with E-state index in [1.165, 1.54) is 0 Å². The largest absolute Gasteiger partial charge is 0.481 e. The van der Waals surface area contributed by atoms with Crippen molar-refractivity contribution in [1.82, 2.24) is 5.32 Å². The lowest BCUT2D eigenvalue weighted by Gasteiger charge is -2.09. The molecule has 0 rings (SSSR count). The SMILES string of the molecule is NCCOCCOCCOCCOCCOCCOCCOCCOCCOCCOCCOCCOCCCNC(=O)CCC(=O)O. The van der Waals surface area contributed by atoms with Gasteiger partial charge in [-0.25, -0.2) is 0 Å².